The van der Waals surface area contributed by atoms with Gasteiger partial charge in [0, 0.05) is 6.04 Å². The molecule has 0 aromatic heterocycles. The average molecular weight is 243 g/mol. The van der Waals surface area contributed by atoms with Crippen molar-refractivity contribution >= 4 is 11.9 Å². The van der Waals surface area contributed by atoms with Gasteiger partial charge in [0.25, 0.3) is 0 Å². The van der Waals surface area contributed by atoms with Crippen LogP contribution in [0, 0.1) is 5.92 Å². The molecule has 0 bridgehead atoms. The Balaban J connectivity index is 2.50. The standard InChI is InChI=1S/C11H21N3O3/c1-7(2)9(13-11(16)14-17)10(15)12-8-5-3-4-6-8/h7-9,17H,3-6H2,1-2H3,(H,12,15)(H2,13,14,16). The Kier molecular flexibility index (Phi) is 5.21. The SMILES string of the molecule is CC(C)C(NC(=O)NO)C(=O)NC1CCCC1. The van der Waals surface area contributed by atoms with Crippen molar-refractivity contribution in [2.75, 3.05) is 0 Å². The van der Waals surface area contributed by atoms with Gasteiger partial charge < -0.3 is 10.6 Å². The lowest BCUT2D eigenvalue weighted by Gasteiger charge is -2.23. The zero-order chi connectivity index (χ0) is 12.8. The third kappa shape index (κ3) is 4.22. The van der Waals surface area contributed by atoms with E-state index in [2.05, 4.69) is 10.6 Å². The Morgan fingerprint density at radius 3 is 2.29 bits per heavy atom. The monoisotopic (exact) mass is 243 g/mol. The first kappa shape index (κ1) is 13.8. The van der Waals surface area contributed by atoms with E-state index >= 15 is 0 Å². The second-order valence-electron chi connectivity index (χ2n) is 4.80. The molecule has 17 heavy (non-hydrogen) atoms. The molecule has 1 rings (SSSR count). The van der Waals surface area contributed by atoms with E-state index in [-0.39, 0.29) is 17.9 Å². The topological polar surface area (TPSA) is 90.5 Å². The van der Waals surface area contributed by atoms with Crippen LogP contribution < -0.4 is 16.1 Å². The minimum Gasteiger partial charge on any atom is -0.352 e. The molecule has 0 aliphatic heterocycles. The molecule has 1 unspecified atom stereocenters. The van der Waals surface area contributed by atoms with E-state index in [1.54, 1.807) is 0 Å². The largest absolute Gasteiger partial charge is 0.352 e. The molecule has 98 valence electrons. The predicted octanol–water partition coefficient (Wildman–Crippen LogP) is 0.758. The Morgan fingerprint density at radius 2 is 1.82 bits per heavy atom. The van der Waals surface area contributed by atoms with Crippen LogP contribution in [0.4, 0.5) is 4.79 Å². The van der Waals surface area contributed by atoms with Gasteiger partial charge in [-0.15, -0.1) is 0 Å². The summed E-state index contributed by atoms with van der Waals surface area (Å²) in [7, 11) is 0. The maximum absolute atomic E-state index is 12.0. The molecule has 6 heteroatoms. The molecule has 1 saturated carbocycles. The lowest BCUT2D eigenvalue weighted by molar-refractivity contribution is -0.124. The lowest BCUT2D eigenvalue weighted by Crippen LogP contribution is -2.53. The predicted molar refractivity (Wildman–Crippen MR) is 62.5 cm³/mol. The van der Waals surface area contributed by atoms with Gasteiger partial charge in [-0.1, -0.05) is 26.7 Å². The first-order chi connectivity index (χ1) is 8.04. The number of hydrogen-bond acceptors (Lipinski definition) is 3. The fraction of sp³-hybridized carbons (Fsp3) is 0.818. The Labute approximate surface area is 101 Å². The molecule has 1 atom stereocenters. The van der Waals surface area contributed by atoms with E-state index in [0.29, 0.717) is 0 Å². The normalized spacial score (nSPS) is 17.9. The van der Waals surface area contributed by atoms with E-state index in [0.717, 1.165) is 25.7 Å². The Morgan fingerprint density at radius 1 is 1.24 bits per heavy atom. The van der Waals surface area contributed by atoms with Crippen molar-refractivity contribution in [2.24, 2.45) is 5.92 Å². The van der Waals surface area contributed by atoms with Crippen molar-refractivity contribution in [1.29, 1.82) is 0 Å². The summed E-state index contributed by atoms with van der Waals surface area (Å²) in [4.78, 5) is 23.0. The van der Waals surface area contributed by atoms with Gasteiger partial charge in [0.15, 0.2) is 0 Å². The smallest absolute Gasteiger partial charge is 0.339 e. The Bertz CT molecular complexity index is 275. The van der Waals surface area contributed by atoms with Crippen molar-refractivity contribution in [2.45, 2.75) is 51.6 Å². The molecule has 0 saturated heterocycles. The van der Waals surface area contributed by atoms with Gasteiger partial charge >= 0.3 is 6.03 Å². The molecular weight excluding hydrogens is 222 g/mol. The van der Waals surface area contributed by atoms with E-state index < -0.39 is 12.1 Å². The highest BCUT2D eigenvalue weighted by Crippen LogP contribution is 2.18. The van der Waals surface area contributed by atoms with Gasteiger partial charge in [0.05, 0.1) is 0 Å². The zero-order valence-electron chi connectivity index (χ0n) is 10.3. The van der Waals surface area contributed by atoms with Crippen molar-refractivity contribution in [3.05, 3.63) is 0 Å². The van der Waals surface area contributed by atoms with Gasteiger partial charge in [-0.05, 0) is 18.8 Å². The maximum Gasteiger partial charge on any atom is 0.339 e. The summed E-state index contributed by atoms with van der Waals surface area (Å²) in [6.45, 7) is 3.69. The fourth-order valence-corrected chi connectivity index (χ4v) is 2.07. The minimum absolute atomic E-state index is 0.0336. The second-order valence-corrected chi connectivity index (χ2v) is 4.80. The van der Waals surface area contributed by atoms with Crippen LogP contribution in [-0.4, -0.2) is 29.2 Å². The average Bonchev–Trinajstić information content (AvgIpc) is 2.77. The summed E-state index contributed by atoms with van der Waals surface area (Å²) >= 11 is 0. The molecular formula is C11H21N3O3. The maximum atomic E-state index is 12.0. The summed E-state index contributed by atoms with van der Waals surface area (Å²) in [6.07, 6.45) is 4.29. The van der Waals surface area contributed by atoms with Crippen molar-refractivity contribution in [3.63, 3.8) is 0 Å². The first-order valence-electron chi connectivity index (χ1n) is 6.05. The lowest BCUT2D eigenvalue weighted by atomic mass is 10.0. The molecule has 1 aliphatic carbocycles. The van der Waals surface area contributed by atoms with E-state index in [9.17, 15) is 9.59 Å². The quantitative estimate of drug-likeness (QED) is 0.434. The first-order valence-corrected chi connectivity index (χ1v) is 6.05. The molecule has 0 radical (unpaired) electrons. The highest BCUT2D eigenvalue weighted by atomic mass is 16.5. The van der Waals surface area contributed by atoms with Crippen LogP contribution >= 0.6 is 0 Å². The summed E-state index contributed by atoms with van der Waals surface area (Å²) in [6, 6.07) is -1.16. The van der Waals surface area contributed by atoms with Gasteiger partial charge in [-0.25, -0.2) is 10.3 Å². The van der Waals surface area contributed by atoms with Gasteiger partial charge in [-0.3, -0.25) is 10.0 Å². The van der Waals surface area contributed by atoms with E-state index in [4.69, 9.17) is 5.21 Å². The van der Waals surface area contributed by atoms with Crippen molar-refractivity contribution < 1.29 is 14.8 Å². The highest BCUT2D eigenvalue weighted by Gasteiger charge is 2.26. The molecule has 3 amide bonds. The molecule has 4 N–H and O–H groups in total. The third-order valence-corrected chi connectivity index (χ3v) is 3.04. The van der Waals surface area contributed by atoms with E-state index in [1.165, 1.54) is 5.48 Å². The number of nitrogens with one attached hydrogen (secondary N) is 3. The number of carbonyl (C=O) groups is 2. The molecule has 6 nitrogen and oxygen atoms in total. The third-order valence-electron chi connectivity index (χ3n) is 3.04. The summed E-state index contributed by atoms with van der Waals surface area (Å²) in [5.41, 5.74) is 1.47. The van der Waals surface area contributed by atoms with Crippen LogP contribution in [0.2, 0.25) is 0 Å². The van der Waals surface area contributed by atoms with Crippen LogP contribution in [0.3, 0.4) is 0 Å². The summed E-state index contributed by atoms with van der Waals surface area (Å²) in [5.74, 6) is -0.218. The number of rotatable bonds is 4. The molecule has 0 spiro atoms. The van der Waals surface area contributed by atoms with Crippen LogP contribution in [0.15, 0.2) is 0 Å². The number of amides is 3. The fourth-order valence-electron chi connectivity index (χ4n) is 2.07. The number of hydroxylamine groups is 1. The van der Waals surface area contributed by atoms with Gasteiger partial charge in [0.1, 0.15) is 6.04 Å². The second kappa shape index (κ2) is 6.44. The minimum atomic E-state index is -0.759. The summed E-state index contributed by atoms with van der Waals surface area (Å²) in [5, 5.41) is 13.8. The van der Waals surface area contributed by atoms with Crippen LogP contribution in [0.5, 0.6) is 0 Å². The highest BCUT2D eigenvalue weighted by molar-refractivity contribution is 5.87. The number of urea groups is 1. The Hall–Kier alpha value is -1.30. The molecule has 1 aliphatic rings. The van der Waals surface area contributed by atoms with Crippen LogP contribution in [-0.2, 0) is 4.79 Å². The van der Waals surface area contributed by atoms with Crippen molar-refractivity contribution in [3.8, 4) is 0 Å². The molecule has 0 aromatic rings. The number of hydrogen-bond donors (Lipinski definition) is 4. The van der Waals surface area contributed by atoms with E-state index in [1.807, 2.05) is 13.8 Å². The molecule has 0 heterocycles. The van der Waals surface area contributed by atoms with Crippen LogP contribution in [0.1, 0.15) is 39.5 Å². The number of carbonyl (C=O) groups excluding carboxylic acids is 2. The van der Waals surface area contributed by atoms with Gasteiger partial charge in [-0.2, -0.15) is 0 Å². The summed E-state index contributed by atoms with van der Waals surface area (Å²) < 4.78 is 0. The van der Waals surface area contributed by atoms with Crippen LogP contribution in [0.25, 0.3) is 0 Å². The molecule has 0 aromatic carbocycles. The van der Waals surface area contributed by atoms with Gasteiger partial charge in [0.2, 0.25) is 5.91 Å². The molecule has 1 fully saturated rings. The zero-order valence-corrected chi connectivity index (χ0v) is 10.3. The van der Waals surface area contributed by atoms with Crippen molar-refractivity contribution in [1.82, 2.24) is 16.1 Å².